The number of carbonyl (C=O) groups is 2. The number of nitrogens with zero attached hydrogens (tertiary/aromatic N) is 1. The van der Waals surface area contributed by atoms with E-state index in [1.54, 1.807) is 0 Å². The van der Waals surface area contributed by atoms with Gasteiger partial charge in [0.1, 0.15) is 5.78 Å². The number of amides is 1. The Morgan fingerprint density at radius 3 is 2.68 bits per heavy atom. The topological polar surface area (TPSA) is 55.8 Å². The zero-order valence-electron chi connectivity index (χ0n) is 10.9. The van der Waals surface area contributed by atoms with Crippen LogP contribution in [0, 0.1) is 6.92 Å². The Balaban J connectivity index is 2.14. The zero-order chi connectivity index (χ0) is 13.6. The fraction of sp³-hybridized carbons (Fsp3) is 0.429. The molecule has 5 nitrogen and oxygen atoms in total. The summed E-state index contributed by atoms with van der Waals surface area (Å²) < 4.78 is 11.2. The fourth-order valence-electron chi connectivity index (χ4n) is 2.62. The molecule has 2 aliphatic heterocycles. The van der Waals surface area contributed by atoms with Crippen molar-refractivity contribution in [3.05, 3.63) is 29.3 Å². The van der Waals surface area contributed by atoms with Gasteiger partial charge in [-0.2, -0.15) is 0 Å². The average molecular weight is 261 g/mol. The Kier molecular flexibility index (Phi) is 2.69. The summed E-state index contributed by atoms with van der Waals surface area (Å²) in [6.07, 6.45) is 0. The monoisotopic (exact) mass is 261 g/mol. The standard InChI is InChI=1S/C14H15NO4/c1-9-3-4-12-11(7-9)14(18-5-6-19-14)13(17)15(12)8-10(2)16/h3-4,7H,5-6,8H2,1-2H3. The lowest BCUT2D eigenvalue weighted by Crippen LogP contribution is -2.42. The van der Waals surface area contributed by atoms with Crippen molar-refractivity contribution in [1.82, 2.24) is 0 Å². The van der Waals surface area contributed by atoms with Gasteiger partial charge in [-0.25, -0.2) is 0 Å². The van der Waals surface area contributed by atoms with E-state index in [2.05, 4.69) is 0 Å². The van der Waals surface area contributed by atoms with E-state index in [0.29, 0.717) is 24.5 Å². The van der Waals surface area contributed by atoms with Gasteiger partial charge in [-0.3, -0.25) is 14.5 Å². The van der Waals surface area contributed by atoms with E-state index in [0.717, 1.165) is 5.56 Å². The Hall–Kier alpha value is -1.72. The number of aryl methyl sites for hydroxylation is 1. The summed E-state index contributed by atoms with van der Waals surface area (Å²) in [5, 5.41) is 0. The molecule has 1 fully saturated rings. The molecule has 19 heavy (non-hydrogen) atoms. The number of Topliss-reactive ketones (excluding diaryl/α,β-unsaturated/α-hetero) is 1. The summed E-state index contributed by atoms with van der Waals surface area (Å²) >= 11 is 0. The first-order valence-electron chi connectivity index (χ1n) is 6.25. The first-order valence-corrected chi connectivity index (χ1v) is 6.25. The molecule has 0 unspecified atom stereocenters. The van der Waals surface area contributed by atoms with Crippen molar-refractivity contribution in [1.29, 1.82) is 0 Å². The highest BCUT2D eigenvalue weighted by Crippen LogP contribution is 2.45. The van der Waals surface area contributed by atoms with E-state index in [4.69, 9.17) is 9.47 Å². The SMILES string of the molecule is CC(=O)CN1C(=O)C2(OCCO2)c2cc(C)ccc21. The predicted molar refractivity (Wildman–Crippen MR) is 67.8 cm³/mol. The number of hydrogen-bond acceptors (Lipinski definition) is 4. The molecule has 0 atom stereocenters. The van der Waals surface area contributed by atoms with E-state index in [-0.39, 0.29) is 18.2 Å². The summed E-state index contributed by atoms with van der Waals surface area (Å²) in [6.45, 7) is 4.22. The summed E-state index contributed by atoms with van der Waals surface area (Å²) in [4.78, 5) is 25.4. The Bertz CT molecular complexity index is 561. The molecule has 5 heteroatoms. The Morgan fingerprint density at radius 2 is 2.05 bits per heavy atom. The second-order valence-electron chi connectivity index (χ2n) is 4.93. The highest BCUT2D eigenvalue weighted by atomic mass is 16.7. The maximum Gasteiger partial charge on any atom is 0.292 e. The predicted octanol–water partition coefficient (Wildman–Crippen LogP) is 1.13. The number of hydrogen-bond donors (Lipinski definition) is 0. The molecule has 0 saturated carbocycles. The minimum atomic E-state index is -1.34. The third-order valence-electron chi connectivity index (χ3n) is 3.40. The molecule has 0 radical (unpaired) electrons. The molecule has 1 spiro atoms. The van der Waals surface area contributed by atoms with Crippen LogP contribution in [0.1, 0.15) is 18.1 Å². The van der Waals surface area contributed by atoms with Crippen LogP contribution in [0.5, 0.6) is 0 Å². The quantitative estimate of drug-likeness (QED) is 0.800. The second-order valence-corrected chi connectivity index (χ2v) is 4.93. The minimum absolute atomic E-state index is 0.0450. The van der Waals surface area contributed by atoms with Gasteiger partial charge in [0.05, 0.1) is 25.4 Å². The van der Waals surface area contributed by atoms with Crippen LogP contribution in [-0.2, 0) is 24.8 Å². The lowest BCUT2D eigenvalue weighted by atomic mass is 10.0. The van der Waals surface area contributed by atoms with Crippen molar-refractivity contribution >= 4 is 17.4 Å². The van der Waals surface area contributed by atoms with Gasteiger partial charge in [-0.05, 0) is 26.0 Å². The maximum atomic E-state index is 12.6. The van der Waals surface area contributed by atoms with Crippen molar-refractivity contribution in [2.24, 2.45) is 0 Å². The van der Waals surface area contributed by atoms with Gasteiger partial charge in [0.25, 0.3) is 11.7 Å². The maximum absolute atomic E-state index is 12.6. The lowest BCUT2D eigenvalue weighted by Gasteiger charge is -2.21. The molecule has 2 aliphatic rings. The highest BCUT2D eigenvalue weighted by molar-refractivity contribution is 6.09. The Morgan fingerprint density at radius 1 is 1.37 bits per heavy atom. The third kappa shape index (κ3) is 1.69. The number of rotatable bonds is 2. The lowest BCUT2D eigenvalue weighted by molar-refractivity contribution is -0.180. The van der Waals surface area contributed by atoms with E-state index in [1.165, 1.54) is 11.8 Å². The molecule has 1 aromatic rings. The van der Waals surface area contributed by atoms with Crippen molar-refractivity contribution in [2.75, 3.05) is 24.7 Å². The number of carbonyl (C=O) groups excluding carboxylic acids is 2. The van der Waals surface area contributed by atoms with Crippen LogP contribution in [0.25, 0.3) is 0 Å². The third-order valence-corrected chi connectivity index (χ3v) is 3.40. The van der Waals surface area contributed by atoms with Gasteiger partial charge >= 0.3 is 0 Å². The largest absolute Gasteiger partial charge is 0.336 e. The summed E-state index contributed by atoms with van der Waals surface area (Å²) in [5.41, 5.74) is 2.43. The molecular weight excluding hydrogens is 246 g/mol. The highest BCUT2D eigenvalue weighted by Gasteiger charge is 2.56. The van der Waals surface area contributed by atoms with Crippen LogP contribution in [0.3, 0.4) is 0 Å². The van der Waals surface area contributed by atoms with Gasteiger partial charge < -0.3 is 9.47 Å². The molecule has 1 amide bonds. The molecule has 0 aliphatic carbocycles. The van der Waals surface area contributed by atoms with Gasteiger partial charge in [0.2, 0.25) is 0 Å². The van der Waals surface area contributed by atoms with Gasteiger partial charge in [0.15, 0.2) is 0 Å². The van der Waals surface area contributed by atoms with Crippen LogP contribution in [-0.4, -0.2) is 31.4 Å². The summed E-state index contributed by atoms with van der Waals surface area (Å²) in [7, 11) is 0. The van der Waals surface area contributed by atoms with E-state index >= 15 is 0 Å². The van der Waals surface area contributed by atoms with Crippen molar-refractivity contribution in [2.45, 2.75) is 19.6 Å². The first kappa shape index (κ1) is 12.3. The van der Waals surface area contributed by atoms with Gasteiger partial charge in [-0.1, -0.05) is 11.6 Å². The van der Waals surface area contributed by atoms with E-state index in [1.807, 2.05) is 25.1 Å². The smallest absolute Gasteiger partial charge is 0.292 e. The Labute approximate surface area is 111 Å². The van der Waals surface area contributed by atoms with Gasteiger partial charge in [-0.15, -0.1) is 0 Å². The van der Waals surface area contributed by atoms with E-state index < -0.39 is 5.79 Å². The first-order chi connectivity index (χ1) is 9.04. The van der Waals surface area contributed by atoms with Crippen LogP contribution in [0.2, 0.25) is 0 Å². The molecule has 0 N–H and O–H groups in total. The molecule has 0 bridgehead atoms. The van der Waals surface area contributed by atoms with Crippen LogP contribution in [0.4, 0.5) is 5.69 Å². The number of ketones is 1. The number of benzene rings is 1. The zero-order valence-corrected chi connectivity index (χ0v) is 10.9. The average Bonchev–Trinajstić information content (AvgIpc) is 2.92. The number of anilines is 1. The van der Waals surface area contributed by atoms with E-state index in [9.17, 15) is 9.59 Å². The molecule has 100 valence electrons. The van der Waals surface area contributed by atoms with Crippen molar-refractivity contribution in [3.8, 4) is 0 Å². The normalized spacial score (nSPS) is 20.1. The molecular formula is C14H15NO4. The fourth-order valence-corrected chi connectivity index (χ4v) is 2.62. The van der Waals surface area contributed by atoms with Crippen LogP contribution in [0.15, 0.2) is 18.2 Å². The van der Waals surface area contributed by atoms with Crippen molar-refractivity contribution in [3.63, 3.8) is 0 Å². The van der Waals surface area contributed by atoms with Crippen LogP contribution < -0.4 is 4.90 Å². The van der Waals surface area contributed by atoms with Crippen molar-refractivity contribution < 1.29 is 19.1 Å². The number of ether oxygens (including phenoxy) is 2. The minimum Gasteiger partial charge on any atom is -0.336 e. The van der Waals surface area contributed by atoms with Gasteiger partial charge in [0, 0.05) is 5.56 Å². The summed E-state index contributed by atoms with van der Waals surface area (Å²) in [6, 6.07) is 5.64. The number of fused-ring (bicyclic) bond motifs is 2. The molecule has 1 aromatic carbocycles. The van der Waals surface area contributed by atoms with Crippen LogP contribution >= 0.6 is 0 Å². The molecule has 1 saturated heterocycles. The summed E-state index contributed by atoms with van der Waals surface area (Å²) in [5.74, 6) is -1.72. The molecule has 3 rings (SSSR count). The molecule has 2 heterocycles. The second kappa shape index (κ2) is 4.15. The molecule has 0 aromatic heterocycles.